The van der Waals surface area contributed by atoms with Crippen molar-refractivity contribution in [2.24, 2.45) is 7.05 Å². The highest BCUT2D eigenvalue weighted by molar-refractivity contribution is 5.70. The third kappa shape index (κ3) is 2.09. The summed E-state index contributed by atoms with van der Waals surface area (Å²) in [7, 11) is 1.60. The molecule has 2 aromatic heterocycles. The Kier molecular flexibility index (Phi) is 3.17. The second kappa shape index (κ2) is 5.24. The van der Waals surface area contributed by atoms with E-state index in [1.807, 2.05) is 18.2 Å². The highest BCUT2D eigenvalue weighted by Gasteiger charge is 2.42. The van der Waals surface area contributed by atoms with Crippen molar-refractivity contribution in [1.29, 1.82) is 0 Å². The lowest BCUT2D eigenvalue weighted by Gasteiger charge is -2.03. The minimum Gasteiger partial charge on any atom is -0.336 e. The van der Waals surface area contributed by atoms with Crippen LogP contribution in [0.5, 0.6) is 0 Å². The van der Waals surface area contributed by atoms with Gasteiger partial charge in [-0.3, -0.25) is 9.36 Å². The van der Waals surface area contributed by atoms with Crippen LogP contribution in [-0.2, 0) is 13.6 Å². The maximum atomic E-state index is 12.5. The van der Waals surface area contributed by atoms with Crippen LogP contribution < -0.4 is 11.2 Å². The minimum atomic E-state index is -0.445. The zero-order valence-corrected chi connectivity index (χ0v) is 13.2. The van der Waals surface area contributed by atoms with E-state index in [-0.39, 0.29) is 12.5 Å². The van der Waals surface area contributed by atoms with Crippen molar-refractivity contribution in [3.63, 3.8) is 0 Å². The van der Waals surface area contributed by atoms with Gasteiger partial charge in [-0.2, -0.15) is 0 Å². The van der Waals surface area contributed by atoms with Gasteiger partial charge in [0.1, 0.15) is 11.3 Å². The molecule has 6 heteroatoms. The zero-order valence-electron chi connectivity index (χ0n) is 13.2. The minimum absolute atomic E-state index is 0.0497. The van der Waals surface area contributed by atoms with Crippen LogP contribution in [0.15, 0.2) is 39.9 Å². The summed E-state index contributed by atoms with van der Waals surface area (Å²) in [5.41, 5.74) is 1.12. The first-order chi connectivity index (χ1) is 11.6. The van der Waals surface area contributed by atoms with Crippen molar-refractivity contribution >= 4 is 11.2 Å². The molecule has 1 aliphatic carbocycles. The van der Waals surface area contributed by atoms with Gasteiger partial charge in [0.25, 0.3) is 5.56 Å². The standard InChI is InChI=1S/C18H16N4O2/c1-3-9-22-17(23)14-16(21(2)18(22)24)20-15(19-14)13-10-12(13)11-7-5-4-6-8-11/h1,4-8,12-13H,9-10H2,2H3,(H,19,20)/t12-,13+/m1/s1. The number of aromatic nitrogens is 4. The number of nitrogens with one attached hydrogen (secondary N) is 1. The maximum absolute atomic E-state index is 12.5. The molecule has 1 N–H and O–H groups in total. The van der Waals surface area contributed by atoms with Crippen LogP contribution in [-0.4, -0.2) is 19.1 Å². The summed E-state index contributed by atoms with van der Waals surface area (Å²) in [6.45, 7) is -0.0497. The van der Waals surface area contributed by atoms with E-state index in [9.17, 15) is 9.59 Å². The molecular weight excluding hydrogens is 304 g/mol. The first-order valence-corrected chi connectivity index (χ1v) is 7.79. The number of fused-ring (bicyclic) bond motifs is 1. The van der Waals surface area contributed by atoms with E-state index in [0.717, 1.165) is 16.8 Å². The Morgan fingerprint density at radius 3 is 2.75 bits per heavy atom. The molecule has 0 bridgehead atoms. The molecule has 3 aromatic rings. The molecule has 2 atom stereocenters. The Morgan fingerprint density at radius 2 is 2.04 bits per heavy atom. The number of nitrogens with zero attached hydrogens (tertiary/aromatic N) is 3. The second-order valence-electron chi connectivity index (χ2n) is 6.12. The van der Waals surface area contributed by atoms with Crippen LogP contribution in [0.4, 0.5) is 0 Å². The molecule has 0 radical (unpaired) electrons. The van der Waals surface area contributed by atoms with Gasteiger partial charge in [-0.15, -0.1) is 6.42 Å². The topological polar surface area (TPSA) is 72.7 Å². The van der Waals surface area contributed by atoms with Crippen LogP contribution in [0.25, 0.3) is 11.2 Å². The van der Waals surface area contributed by atoms with Crippen LogP contribution in [0, 0.1) is 12.3 Å². The number of hydrogen-bond acceptors (Lipinski definition) is 3. The Labute approximate surface area is 137 Å². The quantitative estimate of drug-likeness (QED) is 0.740. The molecule has 24 heavy (non-hydrogen) atoms. The van der Waals surface area contributed by atoms with E-state index < -0.39 is 11.2 Å². The average molecular weight is 320 g/mol. The number of aryl methyl sites for hydroxylation is 1. The number of hydrogen-bond donors (Lipinski definition) is 1. The van der Waals surface area contributed by atoms with Crippen molar-refractivity contribution in [3.05, 3.63) is 62.6 Å². The molecule has 1 aromatic carbocycles. The molecule has 0 saturated heterocycles. The lowest BCUT2D eigenvalue weighted by Crippen LogP contribution is -2.38. The van der Waals surface area contributed by atoms with Crippen molar-refractivity contribution in [1.82, 2.24) is 19.1 Å². The molecule has 1 aliphatic rings. The summed E-state index contributed by atoms with van der Waals surface area (Å²) in [5, 5.41) is 0. The number of aromatic amines is 1. The molecule has 1 saturated carbocycles. The Morgan fingerprint density at radius 1 is 1.29 bits per heavy atom. The Balaban J connectivity index is 1.79. The molecule has 2 heterocycles. The van der Waals surface area contributed by atoms with E-state index in [0.29, 0.717) is 17.1 Å². The molecule has 0 aliphatic heterocycles. The smallest absolute Gasteiger partial charge is 0.333 e. The Hall–Kier alpha value is -3.07. The lowest BCUT2D eigenvalue weighted by molar-refractivity contribution is 0.676. The monoisotopic (exact) mass is 320 g/mol. The van der Waals surface area contributed by atoms with Crippen molar-refractivity contribution in [2.75, 3.05) is 0 Å². The van der Waals surface area contributed by atoms with Crippen LogP contribution in [0.2, 0.25) is 0 Å². The normalized spacial score (nSPS) is 19.3. The largest absolute Gasteiger partial charge is 0.336 e. The predicted molar refractivity (Wildman–Crippen MR) is 91.0 cm³/mol. The second-order valence-corrected chi connectivity index (χ2v) is 6.12. The van der Waals surface area contributed by atoms with Crippen LogP contribution in [0.1, 0.15) is 29.6 Å². The molecule has 4 rings (SSSR count). The van der Waals surface area contributed by atoms with E-state index >= 15 is 0 Å². The van der Waals surface area contributed by atoms with Gasteiger partial charge < -0.3 is 4.98 Å². The Bertz CT molecular complexity index is 1080. The van der Waals surface area contributed by atoms with Crippen LogP contribution in [0.3, 0.4) is 0 Å². The molecule has 120 valence electrons. The molecular formula is C18H16N4O2. The van der Waals surface area contributed by atoms with Crippen LogP contribution >= 0.6 is 0 Å². The summed E-state index contributed by atoms with van der Waals surface area (Å²) in [6, 6.07) is 10.2. The highest BCUT2D eigenvalue weighted by Crippen LogP contribution is 2.53. The van der Waals surface area contributed by atoms with Gasteiger partial charge in [0.05, 0.1) is 6.54 Å². The summed E-state index contributed by atoms with van der Waals surface area (Å²) in [5.74, 6) is 3.74. The van der Waals surface area contributed by atoms with E-state index in [4.69, 9.17) is 6.42 Å². The molecule has 6 nitrogen and oxygen atoms in total. The SMILES string of the molecule is C#CCn1c(=O)c2[nH]c([C@H]3C[C@@H]3c3ccccc3)nc2n(C)c1=O. The highest BCUT2D eigenvalue weighted by atomic mass is 16.2. The van der Waals surface area contributed by atoms with Gasteiger partial charge in [-0.1, -0.05) is 36.3 Å². The molecule has 0 spiro atoms. The number of rotatable bonds is 3. The number of imidazole rings is 1. The first-order valence-electron chi connectivity index (χ1n) is 7.79. The molecule has 1 fully saturated rings. The van der Waals surface area contributed by atoms with Gasteiger partial charge in [0.15, 0.2) is 5.65 Å². The van der Waals surface area contributed by atoms with E-state index in [1.165, 1.54) is 10.1 Å². The van der Waals surface area contributed by atoms with Gasteiger partial charge >= 0.3 is 5.69 Å². The van der Waals surface area contributed by atoms with Gasteiger partial charge in [-0.05, 0) is 17.9 Å². The number of H-pyrrole nitrogens is 1. The lowest BCUT2D eigenvalue weighted by atomic mass is 10.1. The summed E-state index contributed by atoms with van der Waals surface area (Å²) in [4.78, 5) is 32.4. The van der Waals surface area contributed by atoms with Crippen molar-refractivity contribution in [2.45, 2.75) is 24.8 Å². The number of terminal acetylenes is 1. The third-order valence-electron chi connectivity index (χ3n) is 4.62. The van der Waals surface area contributed by atoms with E-state index in [2.05, 4.69) is 28.0 Å². The van der Waals surface area contributed by atoms with Crippen molar-refractivity contribution < 1.29 is 0 Å². The van der Waals surface area contributed by atoms with Crippen molar-refractivity contribution in [3.8, 4) is 12.3 Å². The fourth-order valence-electron chi connectivity index (χ4n) is 3.24. The fraction of sp³-hybridized carbons (Fsp3) is 0.278. The van der Waals surface area contributed by atoms with E-state index in [1.54, 1.807) is 7.05 Å². The van der Waals surface area contributed by atoms with Gasteiger partial charge in [0.2, 0.25) is 0 Å². The first kappa shape index (κ1) is 14.5. The summed E-state index contributed by atoms with van der Waals surface area (Å²) >= 11 is 0. The third-order valence-corrected chi connectivity index (χ3v) is 4.62. The number of benzene rings is 1. The fourth-order valence-corrected chi connectivity index (χ4v) is 3.24. The predicted octanol–water partition coefficient (Wildman–Crippen LogP) is 1.33. The van der Waals surface area contributed by atoms with Gasteiger partial charge in [0, 0.05) is 13.0 Å². The summed E-state index contributed by atoms with van der Waals surface area (Å²) in [6.07, 6.45) is 6.24. The molecule has 0 unspecified atom stereocenters. The molecule has 0 amide bonds. The maximum Gasteiger partial charge on any atom is 0.333 e. The summed E-state index contributed by atoms with van der Waals surface area (Å²) < 4.78 is 2.42. The average Bonchev–Trinajstić information content (AvgIpc) is 3.28. The van der Waals surface area contributed by atoms with Gasteiger partial charge in [-0.25, -0.2) is 14.3 Å². The zero-order chi connectivity index (χ0) is 16.8.